The first-order valence-corrected chi connectivity index (χ1v) is 18.8. The molecule has 5 heteroatoms. The van der Waals surface area contributed by atoms with Gasteiger partial charge in [-0.05, 0) is 108 Å². The maximum atomic E-state index is 6.48. The van der Waals surface area contributed by atoms with Crippen LogP contribution < -0.4 is 9.80 Å². The van der Waals surface area contributed by atoms with Gasteiger partial charge in [-0.1, -0.05) is 103 Å². The van der Waals surface area contributed by atoms with Crippen LogP contribution in [0.5, 0.6) is 0 Å². The van der Waals surface area contributed by atoms with Crippen molar-refractivity contribution >= 4 is 88.7 Å². The minimum atomic E-state index is 0.590. The highest BCUT2D eigenvalue weighted by Crippen LogP contribution is 2.47. The minimum absolute atomic E-state index is 0.590. The molecule has 0 fully saturated rings. The summed E-state index contributed by atoms with van der Waals surface area (Å²) in [7, 11) is 0. The van der Waals surface area contributed by atoms with Gasteiger partial charge >= 0.3 is 0 Å². The lowest BCUT2D eigenvalue weighted by Crippen LogP contribution is -2.14. The summed E-state index contributed by atoms with van der Waals surface area (Å²) < 4.78 is 12.8. The molecule has 11 aromatic rings. The molecule has 0 saturated heterocycles. The molecule has 0 unspecified atom stereocenters. The summed E-state index contributed by atoms with van der Waals surface area (Å²) in [5, 5.41) is 6.55. The lowest BCUT2D eigenvalue weighted by molar-refractivity contribution is 0.620. The average molecular weight is 720 g/mol. The molecular weight excluding hydrogens is 687 g/mol. The Bertz CT molecular complexity index is 3210. The first-order valence-electron chi connectivity index (χ1n) is 18.8. The van der Waals surface area contributed by atoms with E-state index in [0.29, 0.717) is 5.89 Å². The second-order valence-corrected chi connectivity index (χ2v) is 14.0. The molecule has 0 atom stereocenters. The van der Waals surface area contributed by atoms with Crippen molar-refractivity contribution in [3.05, 3.63) is 200 Å². The van der Waals surface area contributed by atoms with Crippen LogP contribution in [0.3, 0.4) is 0 Å². The van der Waals surface area contributed by atoms with Gasteiger partial charge in [0.25, 0.3) is 0 Å². The molecule has 0 bridgehead atoms. The van der Waals surface area contributed by atoms with Gasteiger partial charge in [-0.15, -0.1) is 0 Å². The third-order valence-electron chi connectivity index (χ3n) is 10.6. The SMILES string of the molecule is c1ccc(-c2nc3c(ccc4c(N(c5ccccc5)c5ccc6ccccc6c5)cc(N(c5ccccc5)c5ccc6oc7ccccc7c6c5)cc43)o2)cc1. The topological polar surface area (TPSA) is 45.7 Å². The highest BCUT2D eigenvalue weighted by atomic mass is 16.3. The minimum Gasteiger partial charge on any atom is -0.456 e. The first kappa shape index (κ1) is 31.9. The molecule has 0 amide bonds. The molecule has 2 heterocycles. The number of hydrogen-bond donors (Lipinski definition) is 0. The van der Waals surface area contributed by atoms with E-state index in [4.69, 9.17) is 13.8 Å². The number of fused-ring (bicyclic) bond motifs is 7. The normalized spacial score (nSPS) is 11.6. The van der Waals surface area contributed by atoms with E-state index in [9.17, 15) is 0 Å². The zero-order chi connectivity index (χ0) is 37.0. The van der Waals surface area contributed by atoms with Crippen LogP contribution in [0, 0.1) is 0 Å². The molecule has 0 aliphatic heterocycles. The number of anilines is 6. The molecule has 0 aliphatic carbocycles. The van der Waals surface area contributed by atoms with Crippen molar-refractivity contribution in [1.82, 2.24) is 4.98 Å². The van der Waals surface area contributed by atoms with E-state index in [-0.39, 0.29) is 0 Å². The van der Waals surface area contributed by atoms with Crippen molar-refractivity contribution in [2.75, 3.05) is 9.80 Å². The Morgan fingerprint density at radius 2 is 0.946 bits per heavy atom. The van der Waals surface area contributed by atoms with Crippen LogP contribution in [0.4, 0.5) is 34.1 Å². The third kappa shape index (κ3) is 5.37. The molecule has 0 radical (unpaired) electrons. The summed E-state index contributed by atoms with van der Waals surface area (Å²) in [6, 6.07) is 69.9. The molecule has 0 saturated carbocycles. The number of furan rings is 1. The Morgan fingerprint density at radius 3 is 1.75 bits per heavy atom. The van der Waals surface area contributed by atoms with E-state index in [1.54, 1.807) is 0 Å². The first-order chi connectivity index (χ1) is 27.7. The highest BCUT2D eigenvalue weighted by molar-refractivity contribution is 6.13. The summed E-state index contributed by atoms with van der Waals surface area (Å²) >= 11 is 0. The fourth-order valence-corrected chi connectivity index (χ4v) is 8.01. The number of para-hydroxylation sites is 3. The molecule has 264 valence electrons. The lowest BCUT2D eigenvalue weighted by Gasteiger charge is -2.31. The van der Waals surface area contributed by atoms with Gasteiger partial charge in [0, 0.05) is 55.5 Å². The number of hydrogen-bond acceptors (Lipinski definition) is 5. The molecule has 0 aliphatic rings. The summed E-state index contributed by atoms with van der Waals surface area (Å²) in [6.45, 7) is 0. The van der Waals surface area contributed by atoms with Crippen LogP contribution in [0.25, 0.3) is 66.0 Å². The second kappa shape index (κ2) is 13.0. The molecule has 5 nitrogen and oxygen atoms in total. The van der Waals surface area contributed by atoms with Crippen molar-refractivity contribution in [2.24, 2.45) is 0 Å². The Morgan fingerprint density at radius 1 is 0.339 bits per heavy atom. The largest absolute Gasteiger partial charge is 0.456 e. The molecule has 0 spiro atoms. The van der Waals surface area contributed by atoms with Gasteiger partial charge in [-0.2, -0.15) is 0 Å². The van der Waals surface area contributed by atoms with Crippen LogP contribution in [0.15, 0.2) is 209 Å². The van der Waals surface area contributed by atoms with E-state index in [2.05, 4.69) is 168 Å². The molecule has 2 aromatic heterocycles. The number of aromatic nitrogens is 1. The van der Waals surface area contributed by atoms with Crippen molar-refractivity contribution < 1.29 is 8.83 Å². The number of benzene rings is 9. The van der Waals surface area contributed by atoms with Gasteiger partial charge < -0.3 is 18.6 Å². The molecule has 11 rings (SSSR count). The smallest absolute Gasteiger partial charge is 0.227 e. The molecular formula is C51H33N3O2. The van der Waals surface area contributed by atoms with E-state index in [0.717, 1.165) is 83.5 Å². The third-order valence-corrected chi connectivity index (χ3v) is 10.6. The summed E-state index contributed by atoms with van der Waals surface area (Å²) in [4.78, 5) is 9.88. The Labute approximate surface area is 322 Å². The maximum Gasteiger partial charge on any atom is 0.227 e. The predicted molar refractivity (Wildman–Crippen MR) is 231 cm³/mol. The van der Waals surface area contributed by atoms with Crippen molar-refractivity contribution in [3.8, 4) is 11.5 Å². The van der Waals surface area contributed by atoms with E-state index < -0.39 is 0 Å². The predicted octanol–water partition coefficient (Wildman–Crippen LogP) is 14.6. The van der Waals surface area contributed by atoms with Crippen LogP contribution in [-0.2, 0) is 0 Å². The maximum absolute atomic E-state index is 6.48. The summed E-state index contributed by atoms with van der Waals surface area (Å²) in [6.07, 6.45) is 0. The fourth-order valence-electron chi connectivity index (χ4n) is 8.01. The summed E-state index contributed by atoms with van der Waals surface area (Å²) in [5.41, 5.74) is 10.3. The lowest BCUT2D eigenvalue weighted by atomic mass is 10.0. The quantitative estimate of drug-likeness (QED) is 0.164. The van der Waals surface area contributed by atoms with E-state index in [1.807, 2.05) is 42.5 Å². The Kier molecular flexibility index (Phi) is 7.42. The van der Waals surface area contributed by atoms with Gasteiger partial charge in [0.15, 0.2) is 5.58 Å². The molecule has 56 heavy (non-hydrogen) atoms. The average Bonchev–Trinajstić information content (AvgIpc) is 3.87. The zero-order valence-electron chi connectivity index (χ0n) is 30.2. The standard InChI is InChI=1S/C51H33N3O2/c1-4-15-35(16-5-1)51-52-50-45-32-41(53(37-18-6-2-7-19-37)40-26-28-48-44(31-40)43-22-12-13-23-47(43)55-48)33-46(42(45)27-29-49(50)56-51)54(38-20-8-3-9-21-38)39-25-24-34-14-10-11-17-36(34)30-39/h1-33H. The number of nitrogens with zero attached hydrogens (tertiary/aromatic N) is 3. The second-order valence-electron chi connectivity index (χ2n) is 14.0. The molecule has 9 aromatic carbocycles. The van der Waals surface area contributed by atoms with Crippen molar-refractivity contribution in [1.29, 1.82) is 0 Å². The van der Waals surface area contributed by atoms with Gasteiger partial charge in [-0.3, -0.25) is 0 Å². The van der Waals surface area contributed by atoms with Gasteiger partial charge in [0.1, 0.15) is 16.7 Å². The highest BCUT2D eigenvalue weighted by Gasteiger charge is 2.23. The van der Waals surface area contributed by atoms with Gasteiger partial charge in [-0.25, -0.2) is 4.98 Å². The fraction of sp³-hybridized carbons (Fsp3) is 0. The number of oxazole rings is 1. The van der Waals surface area contributed by atoms with Crippen LogP contribution >= 0.6 is 0 Å². The van der Waals surface area contributed by atoms with Crippen molar-refractivity contribution in [2.45, 2.75) is 0 Å². The summed E-state index contributed by atoms with van der Waals surface area (Å²) in [5.74, 6) is 0.590. The van der Waals surface area contributed by atoms with Crippen LogP contribution in [0.2, 0.25) is 0 Å². The van der Waals surface area contributed by atoms with E-state index in [1.165, 1.54) is 10.8 Å². The van der Waals surface area contributed by atoms with Gasteiger partial charge in [0.2, 0.25) is 5.89 Å². The monoisotopic (exact) mass is 719 g/mol. The van der Waals surface area contributed by atoms with Crippen LogP contribution in [0.1, 0.15) is 0 Å². The number of rotatable bonds is 7. The van der Waals surface area contributed by atoms with Gasteiger partial charge in [0.05, 0.1) is 5.69 Å². The van der Waals surface area contributed by atoms with Crippen molar-refractivity contribution in [3.63, 3.8) is 0 Å². The Hall–Kier alpha value is -7.63. The zero-order valence-corrected chi connectivity index (χ0v) is 30.2. The molecule has 0 N–H and O–H groups in total. The Balaban J connectivity index is 1.22. The van der Waals surface area contributed by atoms with Crippen LogP contribution in [-0.4, -0.2) is 4.98 Å². The van der Waals surface area contributed by atoms with E-state index >= 15 is 0 Å².